The molecular formula is C17H21ClN2O2. The maximum atomic E-state index is 12.7. The zero-order chi connectivity index (χ0) is 15.7. The third-order valence-electron chi connectivity index (χ3n) is 4.66. The second-order valence-corrected chi connectivity index (χ2v) is 6.36. The van der Waals surface area contributed by atoms with Gasteiger partial charge in [0.2, 0.25) is 0 Å². The van der Waals surface area contributed by atoms with Crippen LogP contribution >= 0.6 is 11.6 Å². The number of carbonyl (C=O) groups is 1. The van der Waals surface area contributed by atoms with Crippen LogP contribution in [-0.2, 0) is 0 Å². The fourth-order valence-corrected chi connectivity index (χ4v) is 3.75. The van der Waals surface area contributed by atoms with Gasteiger partial charge in [-0.25, -0.2) is 4.79 Å². The summed E-state index contributed by atoms with van der Waals surface area (Å²) in [7, 11) is 1.59. The first-order valence-electron chi connectivity index (χ1n) is 7.69. The lowest BCUT2D eigenvalue weighted by Crippen LogP contribution is -2.46. The van der Waals surface area contributed by atoms with E-state index in [0.717, 1.165) is 25.7 Å². The van der Waals surface area contributed by atoms with Crippen molar-refractivity contribution in [2.75, 3.05) is 12.4 Å². The third kappa shape index (κ3) is 2.80. The Bertz CT molecular complexity index is 599. The predicted molar refractivity (Wildman–Crippen MR) is 88.7 cm³/mol. The van der Waals surface area contributed by atoms with Crippen molar-refractivity contribution in [1.29, 1.82) is 0 Å². The first kappa shape index (κ1) is 15.2. The number of nitrogens with one attached hydrogen (secondary N) is 1. The molecule has 1 N–H and O–H groups in total. The molecule has 0 aromatic heterocycles. The molecule has 3 rings (SSSR count). The summed E-state index contributed by atoms with van der Waals surface area (Å²) in [6.07, 6.45) is 6.35. The zero-order valence-electron chi connectivity index (χ0n) is 12.9. The highest BCUT2D eigenvalue weighted by Crippen LogP contribution is 2.39. The van der Waals surface area contributed by atoms with Gasteiger partial charge in [0, 0.05) is 17.1 Å². The normalized spacial score (nSPS) is 23.4. The maximum Gasteiger partial charge on any atom is 0.322 e. The molecule has 2 heterocycles. The van der Waals surface area contributed by atoms with Crippen LogP contribution in [-0.4, -0.2) is 30.1 Å². The number of rotatable bonds is 2. The van der Waals surface area contributed by atoms with E-state index in [9.17, 15) is 4.79 Å². The monoisotopic (exact) mass is 320 g/mol. The summed E-state index contributed by atoms with van der Waals surface area (Å²) in [5.41, 5.74) is 2.09. The van der Waals surface area contributed by atoms with Gasteiger partial charge in [-0.15, -0.1) is 0 Å². The smallest absolute Gasteiger partial charge is 0.322 e. The van der Waals surface area contributed by atoms with Gasteiger partial charge in [0.05, 0.1) is 12.8 Å². The van der Waals surface area contributed by atoms with Crippen molar-refractivity contribution in [1.82, 2.24) is 4.90 Å². The second-order valence-electron chi connectivity index (χ2n) is 5.92. The lowest BCUT2D eigenvalue weighted by molar-refractivity contribution is 0.173. The lowest BCUT2D eigenvalue weighted by Gasteiger charge is -2.36. The first-order valence-corrected chi connectivity index (χ1v) is 8.07. The summed E-state index contributed by atoms with van der Waals surface area (Å²) >= 11 is 6.02. The van der Waals surface area contributed by atoms with Gasteiger partial charge in [0.15, 0.2) is 0 Å². The van der Waals surface area contributed by atoms with Gasteiger partial charge in [-0.3, -0.25) is 0 Å². The number of ether oxygens (including phenoxy) is 1. The van der Waals surface area contributed by atoms with E-state index in [1.807, 2.05) is 4.90 Å². The van der Waals surface area contributed by atoms with Crippen LogP contribution in [0.4, 0.5) is 10.5 Å². The topological polar surface area (TPSA) is 41.6 Å². The average Bonchev–Trinajstić information content (AvgIpc) is 2.78. The Morgan fingerprint density at radius 1 is 1.36 bits per heavy atom. The summed E-state index contributed by atoms with van der Waals surface area (Å²) in [6, 6.07) is 5.81. The number of fused-ring (bicyclic) bond motifs is 2. The summed E-state index contributed by atoms with van der Waals surface area (Å²) in [5, 5.41) is 3.54. The van der Waals surface area contributed by atoms with Crippen LogP contribution in [0, 0.1) is 0 Å². The molecule has 2 atom stereocenters. The van der Waals surface area contributed by atoms with E-state index in [0.29, 0.717) is 28.5 Å². The van der Waals surface area contributed by atoms with E-state index in [1.165, 1.54) is 5.57 Å². The Balaban J connectivity index is 1.77. The minimum absolute atomic E-state index is 0.0526. The molecule has 5 heteroatoms. The fraction of sp³-hybridized carbons (Fsp3) is 0.471. The number of hydrogen-bond acceptors (Lipinski definition) is 2. The Kier molecular flexibility index (Phi) is 4.30. The third-order valence-corrected chi connectivity index (χ3v) is 4.90. The molecule has 2 unspecified atom stereocenters. The molecule has 2 amide bonds. The van der Waals surface area contributed by atoms with Crippen molar-refractivity contribution in [3.05, 3.63) is 34.9 Å². The van der Waals surface area contributed by atoms with Crippen LogP contribution in [0.1, 0.15) is 32.6 Å². The van der Waals surface area contributed by atoms with Crippen molar-refractivity contribution in [3.8, 4) is 5.75 Å². The number of hydrogen-bond donors (Lipinski definition) is 1. The molecule has 0 radical (unpaired) electrons. The highest BCUT2D eigenvalue weighted by Gasteiger charge is 2.41. The highest BCUT2D eigenvalue weighted by atomic mass is 35.5. The van der Waals surface area contributed by atoms with Gasteiger partial charge < -0.3 is 15.0 Å². The molecule has 1 aromatic rings. The van der Waals surface area contributed by atoms with Crippen molar-refractivity contribution in [2.45, 2.75) is 44.7 Å². The second kappa shape index (κ2) is 6.21. The van der Waals surface area contributed by atoms with E-state index in [2.05, 4.69) is 18.3 Å². The van der Waals surface area contributed by atoms with Crippen LogP contribution in [0.3, 0.4) is 0 Å². The number of halogens is 1. The maximum absolute atomic E-state index is 12.7. The van der Waals surface area contributed by atoms with E-state index >= 15 is 0 Å². The van der Waals surface area contributed by atoms with E-state index < -0.39 is 0 Å². The zero-order valence-corrected chi connectivity index (χ0v) is 13.7. The molecule has 2 fully saturated rings. The number of amides is 2. The molecule has 4 nitrogen and oxygen atoms in total. The van der Waals surface area contributed by atoms with Gasteiger partial charge in [0.25, 0.3) is 0 Å². The SMILES string of the molecule is CC=C1CC2CCC(C1)N2C(=O)Nc1cc(Cl)ccc1OC. The summed E-state index contributed by atoms with van der Waals surface area (Å²) in [4.78, 5) is 14.7. The Morgan fingerprint density at radius 3 is 2.64 bits per heavy atom. The van der Waals surface area contributed by atoms with E-state index in [4.69, 9.17) is 16.3 Å². The van der Waals surface area contributed by atoms with Gasteiger partial charge in [-0.2, -0.15) is 0 Å². The number of piperidine rings is 1. The lowest BCUT2D eigenvalue weighted by atomic mass is 9.97. The molecule has 2 aliphatic heterocycles. The molecule has 2 bridgehead atoms. The minimum atomic E-state index is -0.0526. The van der Waals surface area contributed by atoms with Crippen LogP contribution in [0.2, 0.25) is 5.02 Å². The Morgan fingerprint density at radius 2 is 2.05 bits per heavy atom. The number of nitrogens with zero attached hydrogens (tertiary/aromatic N) is 1. The fourth-order valence-electron chi connectivity index (χ4n) is 3.58. The van der Waals surface area contributed by atoms with Gasteiger partial charge in [-0.1, -0.05) is 23.3 Å². The molecule has 118 valence electrons. The van der Waals surface area contributed by atoms with Gasteiger partial charge in [-0.05, 0) is 50.8 Å². The molecule has 0 saturated carbocycles. The van der Waals surface area contributed by atoms with Crippen molar-refractivity contribution >= 4 is 23.3 Å². The largest absolute Gasteiger partial charge is 0.495 e. The first-order chi connectivity index (χ1) is 10.6. The van der Waals surface area contributed by atoms with Gasteiger partial charge in [0.1, 0.15) is 5.75 Å². The van der Waals surface area contributed by atoms with Gasteiger partial charge >= 0.3 is 6.03 Å². The molecule has 1 aromatic carbocycles. The Labute approximate surface area is 136 Å². The molecule has 0 spiro atoms. The number of anilines is 1. The van der Waals surface area contributed by atoms with Crippen LogP contribution in [0.15, 0.2) is 29.8 Å². The molecular weight excluding hydrogens is 300 g/mol. The molecule has 2 aliphatic rings. The molecule has 2 saturated heterocycles. The standard InChI is InChI=1S/C17H21ClN2O2/c1-3-11-8-13-5-6-14(9-11)20(13)17(21)19-15-10-12(18)4-7-16(15)22-2/h3-4,7,10,13-14H,5-6,8-9H2,1-2H3,(H,19,21). The molecule has 0 aliphatic carbocycles. The van der Waals surface area contributed by atoms with Crippen molar-refractivity contribution in [3.63, 3.8) is 0 Å². The van der Waals surface area contributed by atoms with Crippen LogP contribution in [0.25, 0.3) is 0 Å². The summed E-state index contributed by atoms with van der Waals surface area (Å²) in [5.74, 6) is 0.622. The number of methoxy groups -OCH3 is 1. The Hall–Kier alpha value is -1.68. The van der Waals surface area contributed by atoms with Crippen molar-refractivity contribution < 1.29 is 9.53 Å². The van der Waals surface area contributed by atoms with E-state index in [1.54, 1.807) is 25.3 Å². The number of carbonyl (C=O) groups excluding carboxylic acids is 1. The molecule has 22 heavy (non-hydrogen) atoms. The van der Waals surface area contributed by atoms with Crippen LogP contribution < -0.4 is 10.1 Å². The number of allylic oxidation sites excluding steroid dienone is 1. The van der Waals surface area contributed by atoms with Crippen molar-refractivity contribution in [2.24, 2.45) is 0 Å². The minimum Gasteiger partial charge on any atom is -0.495 e. The summed E-state index contributed by atoms with van der Waals surface area (Å²) in [6.45, 7) is 2.08. The number of urea groups is 1. The average molecular weight is 321 g/mol. The van der Waals surface area contributed by atoms with Crippen LogP contribution in [0.5, 0.6) is 5.75 Å². The highest BCUT2D eigenvalue weighted by molar-refractivity contribution is 6.31. The predicted octanol–water partition coefficient (Wildman–Crippen LogP) is 4.45. The van der Waals surface area contributed by atoms with E-state index in [-0.39, 0.29) is 6.03 Å². The number of benzene rings is 1. The summed E-state index contributed by atoms with van der Waals surface area (Å²) < 4.78 is 5.29. The quantitative estimate of drug-likeness (QED) is 0.818.